The van der Waals surface area contributed by atoms with E-state index in [1.807, 2.05) is 18.2 Å². The first kappa shape index (κ1) is 15.6. The van der Waals surface area contributed by atoms with Crippen LogP contribution in [0.4, 0.5) is 0 Å². The summed E-state index contributed by atoms with van der Waals surface area (Å²) in [5.74, 6) is 1.15. The molecule has 2 nitrogen and oxygen atoms in total. The summed E-state index contributed by atoms with van der Waals surface area (Å²) in [5, 5.41) is 0.620. The largest absolute Gasteiger partial charge is 0.485 e. The molecule has 1 atom stereocenters. The van der Waals surface area contributed by atoms with E-state index in [0.717, 1.165) is 17.7 Å². The third-order valence-electron chi connectivity index (χ3n) is 3.59. The molecule has 1 unspecified atom stereocenters. The van der Waals surface area contributed by atoms with Crippen LogP contribution in [0.1, 0.15) is 42.1 Å². The van der Waals surface area contributed by atoms with Crippen LogP contribution < -0.4 is 4.74 Å². The van der Waals surface area contributed by atoms with Gasteiger partial charge in [0.05, 0.1) is 0 Å². The standard InChI is InChI=1S/C18H19ClO2/c1-3-13(2)16-6-4-5-7-18(16)21-12-17(20)14-8-10-15(19)11-9-14/h4-11,13H,3,12H2,1-2H3. The van der Waals surface area contributed by atoms with Crippen molar-refractivity contribution in [2.75, 3.05) is 6.61 Å². The molecule has 2 aromatic rings. The Kier molecular flexibility index (Phi) is 5.40. The molecular formula is C18H19ClO2. The van der Waals surface area contributed by atoms with Gasteiger partial charge in [-0.2, -0.15) is 0 Å². The fourth-order valence-electron chi connectivity index (χ4n) is 2.10. The fourth-order valence-corrected chi connectivity index (χ4v) is 2.23. The van der Waals surface area contributed by atoms with E-state index in [1.165, 1.54) is 0 Å². The Morgan fingerprint density at radius 3 is 2.48 bits per heavy atom. The zero-order chi connectivity index (χ0) is 15.2. The zero-order valence-corrected chi connectivity index (χ0v) is 13.1. The highest BCUT2D eigenvalue weighted by atomic mass is 35.5. The average Bonchev–Trinajstić information content (AvgIpc) is 2.52. The minimum atomic E-state index is -0.0504. The minimum Gasteiger partial charge on any atom is -0.485 e. The second-order valence-corrected chi connectivity index (χ2v) is 5.50. The lowest BCUT2D eigenvalue weighted by atomic mass is 9.98. The number of halogens is 1. The van der Waals surface area contributed by atoms with Crippen molar-refractivity contribution in [3.05, 3.63) is 64.7 Å². The van der Waals surface area contributed by atoms with Crippen LogP contribution in [-0.4, -0.2) is 12.4 Å². The molecule has 0 aliphatic rings. The van der Waals surface area contributed by atoms with Crippen LogP contribution in [0.5, 0.6) is 5.75 Å². The topological polar surface area (TPSA) is 26.3 Å². The minimum absolute atomic E-state index is 0.0368. The summed E-state index contributed by atoms with van der Waals surface area (Å²) in [4.78, 5) is 12.1. The van der Waals surface area contributed by atoms with E-state index < -0.39 is 0 Å². The number of hydrogen-bond donors (Lipinski definition) is 0. The monoisotopic (exact) mass is 302 g/mol. The Labute approximate surface area is 130 Å². The molecule has 0 N–H and O–H groups in total. The van der Waals surface area contributed by atoms with E-state index in [2.05, 4.69) is 19.9 Å². The van der Waals surface area contributed by atoms with Gasteiger partial charge < -0.3 is 4.74 Å². The second kappa shape index (κ2) is 7.28. The highest BCUT2D eigenvalue weighted by molar-refractivity contribution is 6.30. The molecule has 0 aromatic heterocycles. The lowest BCUT2D eigenvalue weighted by Crippen LogP contribution is -2.12. The molecule has 3 heteroatoms. The van der Waals surface area contributed by atoms with Crippen molar-refractivity contribution in [2.45, 2.75) is 26.2 Å². The van der Waals surface area contributed by atoms with E-state index in [-0.39, 0.29) is 12.4 Å². The van der Waals surface area contributed by atoms with Gasteiger partial charge in [0.1, 0.15) is 5.75 Å². The first-order valence-corrected chi connectivity index (χ1v) is 7.50. The number of para-hydroxylation sites is 1. The maximum absolute atomic E-state index is 12.1. The second-order valence-electron chi connectivity index (χ2n) is 5.07. The van der Waals surface area contributed by atoms with Crippen LogP contribution in [0.25, 0.3) is 0 Å². The molecular weight excluding hydrogens is 284 g/mol. The van der Waals surface area contributed by atoms with Gasteiger partial charge >= 0.3 is 0 Å². The van der Waals surface area contributed by atoms with E-state index >= 15 is 0 Å². The number of carbonyl (C=O) groups excluding carboxylic acids is 1. The van der Waals surface area contributed by atoms with Gasteiger partial charge in [0.2, 0.25) is 0 Å². The molecule has 0 spiro atoms. The predicted molar refractivity (Wildman–Crippen MR) is 86.4 cm³/mol. The first-order chi connectivity index (χ1) is 10.1. The van der Waals surface area contributed by atoms with Crippen LogP contribution in [0.2, 0.25) is 5.02 Å². The maximum atomic E-state index is 12.1. The van der Waals surface area contributed by atoms with Crippen LogP contribution in [0.15, 0.2) is 48.5 Å². The number of benzene rings is 2. The number of hydrogen-bond acceptors (Lipinski definition) is 2. The van der Waals surface area contributed by atoms with Gasteiger partial charge in [-0.1, -0.05) is 43.6 Å². The Hall–Kier alpha value is -1.80. The van der Waals surface area contributed by atoms with E-state index in [0.29, 0.717) is 16.5 Å². The van der Waals surface area contributed by atoms with Crippen molar-refractivity contribution in [3.8, 4) is 5.75 Å². The molecule has 0 aliphatic carbocycles. The Bertz CT molecular complexity index is 605. The van der Waals surface area contributed by atoms with Crippen LogP contribution >= 0.6 is 11.6 Å². The molecule has 2 aromatic carbocycles. The van der Waals surface area contributed by atoms with Crippen molar-refractivity contribution in [3.63, 3.8) is 0 Å². The zero-order valence-electron chi connectivity index (χ0n) is 12.3. The van der Waals surface area contributed by atoms with E-state index in [1.54, 1.807) is 24.3 Å². The smallest absolute Gasteiger partial charge is 0.200 e. The van der Waals surface area contributed by atoms with E-state index in [4.69, 9.17) is 16.3 Å². The molecule has 21 heavy (non-hydrogen) atoms. The SMILES string of the molecule is CCC(C)c1ccccc1OCC(=O)c1ccc(Cl)cc1. The molecule has 0 saturated carbocycles. The molecule has 0 saturated heterocycles. The highest BCUT2D eigenvalue weighted by Gasteiger charge is 2.12. The fraction of sp³-hybridized carbons (Fsp3) is 0.278. The van der Waals surface area contributed by atoms with Crippen molar-refractivity contribution in [2.24, 2.45) is 0 Å². The van der Waals surface area contributed by atoms with Crippen molar-refractivity contribution >= 4 is 17.4 Å². The van der Waals surface area contributed by atoms with Gasteiger partial charge in [-0.3, -0.25) is 4.79 Å². The summed E-state index contributed by atoms with van der Waals surface area (Å²) in [6.45, 7) is 4.33. The Balaban J connectivity index is 2.06. The summed E-state index contributed by atoms with van der Waals surface area (Å²) < 4.78 is 5.72. The highest BCUT2D eigenvalue weighted by Crippen LogP contribution is 2.28. The van der Waals surface area contributed by atoms with Gasteiger partial charge in [0, 0.05) is 10.6 Å². The number of ether oxygens (including phenoxy) is 1. The van der Waals surface area contributed by atoms with Crippen molar-refractivity contribution in [1.29, 1.82) is 0 Å². The average molecular weight is 303 g/mol. The molecule has 0 amide bonds. The lowest BCUT2D eigenvalue weighted by Gasteiger charge is -2.15. The summed E-state index contributed by atoms with van der Waals surface area (Å²) >= 11 is 5.82. The molecule has 2 rings (SSSR count). The Morgan fingerprint density at radius 2 is 1.81 bits per heavy atom. The summed E-state index contributed by atoms with van der Waals surface area (Å²) in [7, 11) is 0. The molecule has 0 heterocycles. The van der Waals surface area contributed by atoms with Gasteiger partial charge in [-0.25, -0.2) is 0 Å². The van der Waals surface area contributed by atoms with Gasteiger partial charge in [0.15, 0.2) is 12.4 Å². The summed E-state index contributed by atoms with van der Waals surface area (Å²) in [5.41, 5.74) is 1.75. The number of ketones is 1. The third-order valence-corrected chi connectivity index (χ3v) is 3.84. The van der Waals surface area contributed by atoms with Crippen LogP contribution in [-0.2, 0) is 0 Å². The van der Waals surface area contributed by atoms with Crippen LogP contribution in [0, 0.1) is 0 Å². The summed E-state index contributed by atoms with van der Waals surface area (Å²) in [6.07, 6.45) is 1.03. The number of Topliss-reactive ketones (excluding diaryl/α,β-unsaturated/α-hetero) is 1. The molecule has 0 radical (unpaired) electrons. The van der Waals surface area contributed by atoms with Gasteiger partial charge in [0.25, 0.3) is 0 Å². The molecule has 0 fully saturated rings. The first-order valence-electron chi connectivity index (χ1n) is 7.12. The lowest BCUT2D eigenvalue weighted by molar-refractivity contribution is 0.0920. The van der Waals surface area contributed by atoms with Crippen LogP contribution in [0.3, 0.4) is 0 Å². The number of rotatable bonds is 6. The quantitative estimate of drug-likeness (QED) is 0.693. The third kappa shape index (κ3) is 4.08. The molecule has 0 bridgehead atoms. The molecule has 110 valence electrons. The normalized spacial score (nSPS) is 12.0. The van der Waals surface area contributed by atoms with Gasteiger partial charge in [-0.15, -0.1) is 0 Å². The van der Waals surface area contributed by atoms with Crippen molar-refractivity contribution in [1.82, 2.24) is 0 Å². The van der Waals surface area contributed by atoms with Crippen molar-refractivity contribution < 1.29 is 9.53 Å². The predicted octanol–water partition coefficient (Wildman–Crippen LogP) is 5.12. The van der Waals surface area contributed by atoms with Gasteiger partial charge in [-0.05, 0) is 48.2 Å². The summed E-state index contributed by atoms with van der Waals surface area (Å²) in [6, 6.07) is 14.7. The maximum Gasteiger partial charge on any atom is 0.200 e. The number of carbonyl (C=O) groups is 1. The Morgan fingerprint density at radius 1 is 1.14 bits per heavy atom. The molecule has 0 aliphatic heterocycles. The van der Waals surface area contributed by atoms with E-state index in [9.17, 15) is 4.79 Å².